The first kappa shape index (κ1) is 15.3. The highest BCUT2D eigenvalue weighted by molar-refractivity contribution is 9.10. The Morgan fingerprint density at radius 3 is 2.21 bits per heavy atom. The fourth-order valence-corrected chi connectivity index (χ4v) is 4.18. The summed E-state index contributed by atoms with van der Waals surface area (Å²) in [6, 6.07) is 6.57. The van der Waals surface area contributed by atoms with Gasteiger partial charge >= 0.3 is 0 Å². The van der Waals surface area contributed by atoms with E-state index >= 15 is 0 Å². The number of halogens is 2. The number of benzene rings is 1. The smallest absolute Gasteiger partial charge is 0.0808 e. The van der Waals surface area contributed by atoms with E-state index in [2.05, 4.69) is 82.7 Å². The molecule has 0 amide bonds. The van der Waals surface area contributed by atoms with Gasteiger partial charge in [-0.1, -0.05) is 37.9 Å². The standard InChI is InChI=1S/C15H21Br2NO/c1-14(2)9-18(10-15(3,4)19-14)12-6-5-11(8-16)13(17)7-12/h5-7H,8-10H2,1-4H3. The van der Waals surface area contributed by atoms with Crippen LogP contribution in [0.3, 0.4) is 0 Å². The summed E-state index contributed by atoms with van der Waals surface area (Å²) in [6.07, 6.45) is 0. The molecule has 4 heteroatoms. The molecule has 0 saturated carbocycles. The lowest BCUT2D eigenvalue weighted by molar-refractivity contribution is -0.133. The third kappa shape index (κ3) is 3.73. The van der Waals surface area contributed by atoms with Gasteiger partial charge in [-0.3, -0.25) is 0 Å². The van der Waals surface area contributed by atoms with Crippen LogP contribution in [0.1, 0.15) is 33.3 Å². The van der Waals surface area contributed by atoms with Crippen molar-refractivity contribution >= 4 is 37.5 Å². The number of alkyl halides is 1. The van der Waals surface area contributed by atoms with Crippen molar-refractivity contribution in [3.8, 4) is 0 Å². The lowest BCUT2D eigenvalue weighted by Gasteiger charge is -2.48. The molecule has 0 N–H and O–H groups in total. The highest BCUT2D eigenvalue weighted by Gasteiger charge is 2.38. The zero-order valence-corrected chi connectivity index (χ0v) is 15.1. The van der Waals surface area contributed by atoms with E-state index in [0.717, 1.165) is 22.9 Å². The van der Waals surface area contributed by atoms with Crippen molar-refractivity contribution in [3.63, 3.8) is 0 Å². The van der Waals surface area contributed by atoms with E-state index in [0.29, 0.717) is 0 Å². The monoisotopic (exact) mass is 389 g/mol. The molecule has 2 nitrogen and oxygen atoms in total. The first-order valence-corrected chi connectivity index (χ1v) is 8.43. The van der Waals surface area contributed by atoms with Gasteiger partial charge in [-0.05, 0) is 45.4 Å². The maximum atomic E-state index is 6.13. The van der Waals surface area contributed by atoms with Gasteiger partial charge in [0.1, 0.15) is 0 Å². The predicted molar refractivity (Wildman–Crippen MR) is 88.2 cm³/mol. The molecular formula is C15H21Br2NO. The van der Waals surface area contributed by atoms with Gasteiger partial charge in [-0.15, -0.1) is 0 Å². The molecule has 0 spiro atoms. The number of nitrogens with zero attached hydrogens (tertiary/aromatic N) is 1. The fraction of sp³-hybridized carbons (Fsp3) is 0.600. The average molecular weight is 391 g/mol. The number of morpholine rings is 1. The van der Waals surface area contributed by atoms with Crippen LogP contribution in [0.25, 0.3) is 0 Å². The van der Waals surface area contributed by atoms with Gasteiger partial charge in [-0.25, -0.2) is 0 Å². The number of rotatable bonds is 2. The Kier molecular flexibility index (Phi) is 4.34. The van der Waals surface area contributed by atoms with Crippen LogP contribution in [0.15, 0.2) is 22.7 Å². The predicted octanol–water partition coefficient (Wildman–Crippen LogP) is 4.74. The molecule has 1 aromatic carbocycles. The minimum Gasteiger partial charge on any atom is -0.366 e. The Labute approximate surface area is 132 Å². The summed E-state index contributed by atoms with van der Waals surface area (Å²) in [5.41, 5.74) is 2.28. The zero-order chi connectivity index (χ0) is 14.3. The molecule has 2 rings (SSSR count). The highest BCUT2D eigenvalue weighted by Crippen LogP contribution is 2.33. The molecule has 1 fully saturated rings. The molecule has 0 unspecified atom stereocenters. The molecule has 0 radical (unpaired) electrons. The van der Waals surface area contributed by atoms with Crippen molar-refractivity contribution in [2.75, 3.05) is 18.0 Å². The molecule has 1 aromatic rings. The minimum atomic E-state index is -0.123. The maximum absolute atomic E-state index is 6.13. The second kappa shape index (κ2) is 5.38. The Morgan fingerprint density at radius 1 is 1.16 bits per heavy atom. The van der Waals surface area contributed by atoms with E-state index < -0.39 is 0 Å². The third-order valence-corrected chi connectivity index (χ3v) is 4.58. The number of anilines is 1. The molecule has 0 aromatic heterocycles. The molecule has 1 aliphatic rings. The lowest BCUT2D eigenvalue weighted by atomic mass is 9.98. The van der Waals surface area contributed by atoms with Gasteiger partial charge in [-0.2, -0.15) is 0 Å². The van der Waals surface area contributed by atoms with Crippen molar-refractivity contribution in [2.45, 2.75) is 44.2 Å². The number of ether oxygens (including phenoxy) is 1. The maximum Gasteiger partial charge on any atom is 0.0808 e. The summed E-state index contributed by atoms with van der Waals surface area (Å²) in [5, 5.41) is 0.869. The molecule has 0 bridgehead atoms. The van der Waals surface area contributed by atoms with Crippen molar-refractivity contribution in [3.05, 3.63) is 28.2 Å². The van der Waals surface area contributed by atoms with Gasteiger partial charge < -0.3 is 9.64 Å². The van der Waals surface area contributed by atoms with E-state index in [4.69, 9.17) is 4.74 Å². The topological polar surface area (TPSA) is 12.5 Å². The largest absolute Gasteiger partial charge is 0.366 e. The highest BCUT2D eigenvalue weighted by atomic mass is 79.9. The molecule has 19 heavy (non-hydrogen) atoms. The molecule has 1 aliphatic heterocycles. The summed E-state index contributed by atoms with van der Waals surface area (Å²) >= 11 is 7.14. The first-order valence-electron chi connectivity index (χ1n) is 6.52. The number of hydrogen-bond donors (Lipinski definition) is 0. The van der Waals surface area contributed by atoms with Crippen LogP contribution in [0.2, 0.25) is 0 Å². The van der Waals surface area contributed by atoms with Crippen molar-refractivity contribution in [1.82, 2.24) is 0 Å². The Balaban J connectivity index is 2.28. The molecule has 1 heterocycles. The fourth-order valence-electron chi connectivity index (χ4n) is 2.81. The minimum absolute atomic E-state index is 0.123. The quantitative estimate of drug-likeness (QED) is 0.676. The van der Waals surface area contributed by atoms with E-state index in [1.54, 1.807) is 0 Å². The van der Waals surface area contributed by atoms with Crippen molar-refractivity contribution in [2.24, 2.45) is 0 Å². The average Bonchev–Trinajstić information content (AvgIpc) is 2.24. The molecule has 106 valence electrons. The van der Waals surface area contributed by atoms with Gasteiger partial charge in [0.2, 0.25) is 0 Å². The van der Waals surface area contributed by atoms with Crippen molar-refractivity contribution < 1.29 is 4.74 Å². The Hall–Kier alpha value is -0.0600. The van der Waals surface area contributed by atoms with Crippen molar-refractivity contribution in [1.29, 1.82) is 0 Å². The summed E-state index contributed by atoms with van der Waals surface area (Å²) < 4.78 is 7.28. The van der Waals surface area contributed by atoms with Crippen LogP contribution >= 0.6 is 31.9 Å². The van der Waals surface area contributed by atoms with Crippen LogP contribution < -0.4 is 4.90 Å². The van der Waals surface area contributed by atoms with Gasteiger partial charge in [0.25, 0.3) is 0 Å². The second-order valence-electron chi connectivity index (χ2n) is 6.39. The second-order valence-corrected chi connectivity index (χ2v) is 7.80. The summed E-state index contributed by atoms with van der Waals surface area (Å²) in [4.78, 5) is 2.41. The van der Waals surface area contributed by atoms with E-state index in [-0.39, 0.29) is 11.2 Å². The van der Waals surface area contributed by atoms with Crippen LogP contribution in [-0.2, 0) is 10.1 Å². The number of hydrogen-bond acceptors (Lipinski definition) is 2. The normalized spacial score (nSPS) is 21.5. The summed E-state index contributed by atoms with van der Waals surface area (Å²) in [7, 11) is 0. The Bertz CT molecular complexity index is 455. The first-order chi connectivity index (χ1) is 8.72. The van der Waals surface area contributed by atoms with Crippen LogP contribution in [-0.4, -0.2) is 24.3 Å². The van der Waals surface area contributed by atoms with Gasteiger partial charge in [0.05, 0.1) is 11.2 Å². The van der Waals surface area contributed by atoms with Crippen LogP contribution in [0, 0.1) is 0 Å². The third-order valence-electron chi connectivity index (χ3n) is 3.24. The van der Waals surface area contributed by atoms with Crippen LogP contribution in [0.5, 0.6) is 0 Å². The SMILES string of the molecule is CC1(C)CN(c2ccc(CBr)c(Br)c2)CC(C)(C)O1. The summed E-state index contributed by atoms with van der Waals surface area (Å²) in [5.74, 6) is 0. The van der Waals surface area contributed by atoms with Gasteiger partial charge in [0.15, 0.2) is 0 Å². The molecule has 0 aliphatic carbocycles. The van der Waals surface area contributed by atoms with Gasteiger partial charge in [0, 0.05) is 28.6 Å². The Morgan fingerprint density at radius 2 is 1.74 bits per heavy atom. The zero-order valence-electron chi connectivity index (χ0n) is 12.0. The molecular weight excluding hydrogens is 370 g/mol. The molecule has 1 saturated heterocycles. The van der Waals surface area contributed by atoms with E-state index in [1.807, 2.05) is 0 Å². The summed E-state index contributed by atoms with van der Waals surface area (Å²) in [6.45, 7) is 10.4. The van der Waals surface area contributed by atoms with E-state index in [9.17, 15) is 0 Å². The van der Waals surface area contributed by atoms with E-state index in [1.165, 1.54) is 11.3 Å². The van der Waals surface area contributed by atoms with Crippen LogP contribution in [0.4, 0.5) is 5.69 Å². The molecule has 0 atom stereocenters. The lowest BCUT2D eigenvalue weighted by Crippen LogP contribution is -2.57.